The van der Waals surface area contributed by atoms with Gasteiger partial charge in [0.25, 0.3) is 0 Å². The van der Waals surface area contributed by atoms with Crippen molar-refractivity contribution >= 4 is 60.9 Å². The van der Waals surface area contributed by atoms with Crippen LogP contribution in [0.3, 0.4) is 0 Å². The van der Waals surface area contributed by atoms with Gasteiger partial charge in [-0.05, 0) is 34.1 Å². The van der Waals surface area contributed by atoms with E-state index in [-0.39, 0.29) is 29.6 Å². The molecule has 14 heavy (non-hydrogen) atoms. The molecule has 0 saturated heterocycles. The fourth-order valence-electron chi connectivity index (χ4n) is 1.29. The van der Waals surface area contributed by atoms with E-state index in [9.17, 15) is 4.21 Å². The number of hydrogen-bond donors (Lipinski definition) is 1. The minimum atomic E-state index is -1.64. The standard InChI is InChI=1S/C10H8OS2.Na.H/c11-13(12)10-6-5-8-3-1-2-4-9(8)7-10;;/h1-7,13H;;. The number of hydrogen-bond acceptors (Lipinski definition) is 2. The molecular weight excluding hydrogens is 223 g/mol. The van der Waals surface area contributed by atoms with E-state index in [0.717, 1.165) is 15.7 Å². The fourth-order valence-corrected chi connectivity index (χ4v) is 2.07. The van der Waals surface area contributed by atoms with E-state index < -0.39 is 9.36 Å². The van der Waals surface area contributed by atoms with Crippen LogP contribution in [0.5, 0.6) is 0 Å². The predicted octanol–water partition coefficient (Wildman–Crippen LogP) is 1.49. The average Bonchev–Trinajstić information content (AvgIpc) is 2.17. The normalized spacial score (nSPS) is 12.0. The first-order valence-corrected chi connectivity index (χ1v) is 6.18. The summed E-state index contributed by atoms with van der Waals surface area (Å²) in [5, 5.41) is 2.24. The van der Waals surface area contributed by atoms with Gasteiger partial charge in [0.2, 0.25) is 0 Å². The summed E-state index contributed by atoms with van der Waals surface area (Å²) in [6.45, 7) is 0. The Morgan fingerprint density at radius 2 is 1.64 bits per heavy atom. The van der Waals surface area contributed by atoms with Crippen molar-refractivity contribution in [3.63, 3.8) is 0 Å². The van der Waals surface area contributed by atoms with E-state index in [4.69, 9.17) is 11.2 Å². The molecule has 1 atom stereocenters. The molecule has 0 bridgehead atoms. The summed E-state index contributed by atoms with van der Waals surface area (Å²) in [6, 6.07) is 13.6. The zero-order chi connectivity index (χ0) is 9.26. The molecule has 1 nitrogen and oxygen atoms in total. The third kappa shape index (κ3) is 2.55. The van der Waals surface area contributed by atoms with E-state index in [1.54, 1.807) is 0 Å². The Kier molecular flexibility index (Phi) is 4.54. The van der Waals surface area contributed by atoms with Crippen molar-refractivity contribution in [1.82, 2.24) is 0 Å². The molecule has 0 aliphatic heterocycles. The van der Waals surface area contributed by atoms with Crippen LogP contribution in [0.2, 0.25) is 0 Å². The molecule has 2 rings (SSSR count). The summed E-state index contributed by atoms with van der Waals surface area (Å²) in [5.41, 5.74) is 0. The Morgan fingerprint density at radius 1 is 1.00 bits per heavy atom. The molecule has 0 N–H and O–H groups in total. The second kappa shape index (κ2) is 5.24. The van der Waals surface area contributed by atoms with Gasteiger partial charge in [0, 0.05) is 14.3 Å². The van der Waals surface area contributed by atoms with Crippen molar-refractivity contribution in [2.45, 2.75) is 4.90 Å². The number of benzene rings is 2. The molecule has 0 aromatic heterocycles. The second-order valence-corrected chi connectivity index (χ2v) is 4.81. The predicted molar refractivity (Wildman–Crippen MR) is 66.3 cm³/mol. The molecule has 1 unspecified atom stereocenters. The summed E-state index contributed by atoms with van der Waals surface area (Å²) in [6.07, 6.45) is 0. The topological polar surface area (TPSA) is 17.1 Å². The van der Waals surface area contributed by atoms with Gasteiger partial charge in [0.05, 0.1) is 0 Å². The Hall–Kier alpha value is 0.0700. The van der Waals surface area contributed by atoms with Crippen molar-refractivity contribution in [2.75, 3.05) is 0 Å². The van der Waals surface area contributed by atoms with Gasteiger partial charge in [-0.15, -0.1) is 0 Å². The summed E-state index contributed by atoms with van der Waals surface area (Å²) in [7, 11) is -1.64. The van der Waals surface area contributed by atoms with Gasteiger partial charge in [0.1, 0.15) is 0 Å². The summed E-state index contributed by atoms with van der Waals surface area (Å²) < 4.78 is 11.1. The first-order valence-electron chi connectivity index (χ1n) is 3.90. The summed E-state index contributed by atoms with van der Waals surface area (Å²) in [5.74, 6) is 0. The van der Waals surface area contributed by atoms with Crippen LogP contribution in [0.15, 0.2) is 47.4 Å². The molecule has 2 aromatic carbocycles. The zero-order valence-electron chi connectivity index (χ0n) is 6.81. The Morgan fingerprint density at radius 3 is 2.29 bits per heavy atom. The van der Waals surface area contributed by atoms with Crippen LogP contribution in [0.1, 0.15) is 0 Å². The Balaban J connectivity index is 0.000000980. The van der Waals surface area contributed by atoms with Crippen LogP contribution in [0.25, 0.3) is 10.8 Å². The fraction of sp³-hybridized carbons (Fsp3) is 0. The maximum atomic E-state index is 11.1. The molecule has 0 aliphatic rings. The minimum absolute atomic E-state index is 0. The molecule has 4 heteroatoms. The molecule has 2 aromatic rings. The van der Waals surface area contributed by atoms with Crippen LogP contribution in [-0.4, -0.2) is 33.8 Å². The van der Waals surface area contributed by atoms with Gasteiger partial charge >= 0.3 is 29.6 Å². The molecule has 0 spiro atoms. The molecule has 0 amide bonds. The maximum absolute atomic E-state index is 11.1. The SMILES string of the molecule is O=[SH](=S)c1ccc2ccccc2c1.[NaH]. The quantitative estimate of drug-likeness (QED) is 0.593. The molecule has 0 saturated carbocycles. The van der Waals surface area contributed by atoms with Crippen molar-refractivity contribution in [2.24, 2.45) is 0 Å². The van der Waals surface area contributed by atoms with Crippen molar-refractivity contribution < 1.29 is 4.21 Å². The van der Waals surface area contributed by atoms with Crippen molar-refractivity contribution in [1.29, 1.82) is 0 Å². The monoisotopic (exact) mass is 232 g/mol. The van der Waals surface area contributed by atoms with Gasteiger partial charge < -0.3 is 0 Å². The first kappa shape index (κ1) is 12.1. The van der Waals surface area contributed by atoms with E-state index in [1.165, 1.54) is 0 Å². The van der Waals surface area contributed by atoms with Crippen molar-refractivity contribution in [3.05, 3.63) is 42.5 Å². The van der Waals surface area contributed by atoms with Crippen LogP contribution in [0, 0.1) is 0 Å². The van der Waals surface area contributed by atoms with Gasteiger partial charge in [-0.3, -0.25) is 4.21 Å². The molecule has 0 fully saturated rings. The summed E-state index contributed by atoms with van der Waals surface area (Å²) in [4.78, 5) is 0.740. The number of fused-ring (bicyclic) bond motifs is 1. The molecule has 0 radical (unpaired) electrons. The molecule has 68 valence electrons. The van der Waals surface area contributed by atoms with E-state index in [2.05, 4.69) is 0 Å². The molecule has 0 heterocycles. The zero-order valence-corrected chi connectivity index (χ0v) is 8.52. The number of rotatable bonds is 1. The van der Waals surface area contributed by atoms with Gasteiger partial charge in [0.15, 0.2) is 0 Å². The van der Waals surface area contributed by atoms with E-state index in [0.29, 0.717) is 0 Å². The molecule has 0 aliphatic carbocycles. The Labute approximate surface area is 112 Å². The Bertz CT molecular complexity index is 512. The number of thiol groups is 1. The van der Waals surface area contributed by atoms with Gasteiger partial charge in [-0.2, -0.15) is 0 Å². The molecular formula is C10H9NaOS2. The summed E-state index contributed by atoms with van der Waals surface area (Å²) >= 11 is 4.72. The van der Waals surface area contributed by atoms with Crippen LogP contribution >= 0.6 is 0 Å². The third-order valence-electron chi connectivity index (χ3n) is 1.94. The van der Waals surface area contributed by atoms with Crippen LogP contribution in [0.4, 0.5) is 0 Å². The van der Waals surface area contributed by atoms with Crippen LogP contribution in [-0.2, 0) is 20.5 Å². The van der Waals surface area contributed by atoms with E-state index in [1.807, 2.05) is 42.5 Å². The first-order chi connectivity index (χ1) is 6.27. The van der Waals surface area contributed by atoms with Gasteiger partial charge in [-0.1, -0.05) is 30.3 Å². The van der Waals surface area contributed by atoms with Crippen LogP contribution < -0.4 is 0 Å². The second-order valence-electron chi connectivity index (χ2n) is 2.79. The van der Waals surface area contributed by atoms with Crippen molar-refractivity contribution in [3.8, 4) is 0 Å². The van der Waals surface area contributed by atoms with Gasteiger partial charge in [-0.25, -0.2) is 0 Å². The average molecular weight is 232 g/mol. The van der Waals surface area contributed by atoms with E-state index >= 15 is 0 Å². The third-order valence-corrected chi connectivity index (χ3v) is 3.28.